The number of benzene rings is 2. The standard InChI is InChI=1S/C23H24F6N2O2/c1-14(2)33-21(32)31-9-5-7-19(18-6-3-4-8-20(18)31)30-13-15-10-16(22(24,25)26)12-17(11-15)23(27,28)29/h3-4,6,8,10-12,14,19,30H,5,7,9,13H2,1-2H3. The molecule has 1 amide bonds. The highest BCUT2D eigenvalue weighted by atomic mass is 19.4. The molecule has 0 saturated heterocycles. The van der Waals surface area contributed by atoms with Gasteiger partial charge >= 0.3 is 18.4 Å². The zero-order valence-corrected chi connectivity index (χ0v) is 18.1. The van der Waals surface area contributed by atoms with E-state index in [9.17, 15) is 31.1 Å². The lowest BCUT2D eigenvalue weighted by molar-refractivity contribution is -0.143. The van der Waals surface area contributed by atoms with E-state index in [1.54, 1.807) is 38.1 Å². The van der Waals surface area contributed by atoms with Crippen LogP contribution in [0.4, 0.5) is 36.8 Å². The zero-order valence-electron chi connectivity index (χ0n) is 18.1. The number of ether oxygens (including phenoxy) is 1. The summed E-state index contributed by atoms with van der Waals surface area (Å²) in [6, 6.07) is 8.21. The van der Waals surface area contributed by atoms with E-state index in [0.29, 0.717) is 25.1 Å². The summed E-state index contributed by atoms with van der Waals surface area (Å²) in [6.07, 6.45) is -9.52. The van der Waals surface area contributed by atoms with Crippen LogP contribution in [-0.4, -0.2) is 18.7 Å². The molecule has 1 atom stereocenters. The quantitative estimate of drug-likeness (QED) is 0.502. The third-order valence-electron chi connectivity index (χ3n) is 5.23. The summed E-state index contributed by atoms with van der Waals surface area (Å²) in [5.74, 6) is 0. The first-order valence-corrected chi connectivity index (χ1v) is 10.4. The summed E-state index contributed by atoms with van der Waals surface area (Å²) >= 11 is 0. The predicted molar refractivity (Wildman–Crippen MR) is 111 cm³/mol. The van der Waals surface area contributed by atoms with Crippen LogP contribution in [0.3, 0.4) is 0 Å². The van der Waals surface area contributed by atoms with Crippen LogP contribution < -0.4 is 10.2 Å². The van der Waals surface area contributed by atoms with Crippen molar-refractivity contribution in [2.75, 3.05) is 11.4 Å². The summed E-state index contributed by atoms with van der Waals surface area (Å²) in [5, 5.41) is 3.08. The second-order valence-corrected chi connectivity index (χ2v) is 8.13. The van der Waals surface area contributed by atoms with Gasteiger partial charge < -0.3 is 10.1 Å². The van der Waals surface area contributed by atoms with Crippen LogP contribution in [0.5, 0.6) is 0 Å². The maximum atomic E-state index is 13.2. The van der Waals surface area contributed by atoms with Gasteiger partial charge in [0.25, 0.3) is 0 Å². The number of fused-ring (bicyclic) bond motifs is 1. The number of rotatable bonds is 4. The maximum absolute atomic E-state index is 13.2. The molecular weight excluding hydrogens is 450 g/mol. The molecule has 0 radical (unpaired) electrons. The first-order chi connectivity index (χ1) is 15.4. The van der Waals surface area contributed by atoms with Crippen LogP contribution in [0.15, 0.2) is 42.5 Å². The van der Waals surface area contributed by atoms with Gasteiger partial charge in [0.2, 0.25) is 0 Å². The molecule has 0 fully saturated rings. The van der Waals surface area contributed by atoms with E-state index < -0.39 is 29.6 Å². The van der Waals surface area contributed by atoms with Crippen LogP contribution in [0.25, 0.3) is 0 Å². The van der Waals surface area contributed by atoms with Crippen molar-refractivity contribution in [1.29, 1.82) is 0 Å². The van der Waals surface area contributed by atoms with E-state index in [-0.39, 0.29) is 30.3 Å². The number of para-hydroxylation sites is 1. The summed E-state index contributed by atoms with van der Waals surface area (Å²) < 4.78 is 84.2. The fourth-order valence-electron chi connectivity index (χ4n) is 3.79. The van der Waals surface area contributed by atoms with E-state index in [2.05, 4.69) is 5.32 Å². The molecule has 3 rings (SSSR count). The second-order valence-electron chi connectivity index (χ2n) is 8.13. The van der Waals surface area contributed by atoms with Crippen LogP contribution >= 0.6 is 0 Å². The average molecular weight is 474 g/mol. The van der Waals surface area contributed by atoms with E-state index in [1.807, 2.05) is 0 Å². The van der Waals surface area contributed by atoms with Gasteiger partial charge in [0, 0.05) is 19.1 Å². The van der Waals surface area contributed by atoms with Crippen LogP contribution in [-0.2, 0) is 23.6 Å². The van der Waals surface area contributed by atoms with E-state index in [1.165, 1.54) is 4.90 Å². The number of nitrogens with zero attached hydrogens (tertiary/aromatic N) is 1. The molecular formula is C23H24F6N2O2. The summed E-state index contributed by atoms with van der Waals surface area (Å²) in [4.78, 5) is 14.0. The maximum Gasteiger partial charge on any atom is 0.416 e. The Morgan fingerprint density at radius 1 is 1.06 bits per heavy atom. The van der Waals surface area contributed by atoms with Gasteiger partial charge in [0.15, 0.2) is 0 Å². The van der Waals surface area contributed by atoms with Crippen LogP contribution in [0.2, 0.25) is 0 Å². The fourth-order valence-corrected chi connectivity index (χ4v) is 3.79. The number of nitrogens with one attached hydrogen (secondary N) is 1. The van der Waals surface area contributed by atoms with E-state index >= 15 is 0 Å². The Labute approximate surface area is 187 Å². The number of alkyl halides is 6. The molecule has 1 aliphatic heterocycles. The Morgan fingerprint density at radius 3 is 2.24 bits per heavy atom. The van der Waals surface area contributed by atoms with Crippen LogP contribution in [0, 0.1) is 0 Å². The molecule has 0 spiro atoms. The molecule has 2 aromatic rings. The smallest absolute Gasteiger partial charge is 0.416 e. The minimum Gasteiger partial charge on any atom is -0.446 e. The van der Waals surface area contributed by atoms with Crippen molar-refractivity contribution in [1.82, 2.24) is 5.32 Å². The normalized spacial score (nSPS) is 17.0. The third kappa shape index (κ3) is 6.19. The molecule has 0 saturated carbocycles. The van der Waals surface area contributed by atoms with Gasteiger partial charge in [-0.3, -0.25) is 4.90 Å². The largest absolute Gasteiger partial charge is 0.446 e. The molecule has 10 heteroatoms. The van der Waals surface area contributed by atoms with Gasteiger partial charge in [0.05, 0.1) is 22.9 Å². The topological polar surface area (TPSA) is 41.6 Å². The minimum absolute atomic E-state index is 0.114. The third-order valence-corrected chi connectivity index (χ3v) is 5.23. The predicted octanol–water partition coefficient (Wildman–Crippen LogP) is 6.70. The van der Waals surface area contributed by atoms with Gasteiger partial charge in [-0.05, 0) is 62.1 Å². The molecule has 2 aromatic carbocycles. The first kappa shape index (κ1) is 24.9. The number of amides is 1. The number of anilines is 1. The van der Waals surface area contributed by atoms with Crippen molar-refractivity contribution >= 4 is 11.8 Å². The molecule has 1 unspecified atom stereocenters. The molecule has 33 heavy (non-hydrogen) atoms. The number of halogens is 6. The lowest BCUT2D eigenvalue weighted by atomic mass is 10.0. The number of carbonyl (C=O) groups is 1. The van der Waals surface area contributed by atoms with Crippen molar-refractivity contribution in [2.45, 2.75) is 57.7 Å². The lowest BCUT2D eigenvalue weighted by Gasteiger charge is -2.25. The number of carbonyl (C=O) groups excluding carboxylic acids is 1. The van der Waals surface area contributed by atoms with Crippen molar-refractivity contribution < 1.29 is 35.9 Å². The van der Waals surface area contributed by atoms with Crippen molar-refractivity contribution in [3.05, 3.63) is 64.7 Å². The zero-order chi connectivity index (χ0) is 24.4. The van der Waals surface area contributed by atoms with Gasteiger partial charge in [-0.25, -0.2) is 4.79 Å². The molecule has 1 aliphatic rings. The summed E-state index contributed by atoms with van der Waals surface area (Å²) in [5.41, 5.74) is -1.51. The second kappa shape index (κ2) is 9.62. The Balaban J connectivity index is 1.87. The van der Waals surface area contributed by atoms with Crippen LogP contribution in [0.1, 0.15) is 55.0 Å². The summed E-state index contributed by atoms with van der Waals surface area (Å²) in [6.45, 7) is 3.64. The highest BCUT2D eigenvalue weighted by Gasteiger charge is 2.37. The van der Waals surface area contributed by atoms with Gasteiger partial charge in [-0.15, -0.1) is 0 Å². The van der Waals surface area contributed by atoms with Gasteiger partial charge in [-0.2, -0.15) is 26.3 Å². The molecule has 1 N–H and O–H groups in total. The minimum atomic E-state index is -4.90. The first-order valence-electron chi connectivity index (χ1n) is 10.4. The lowest BCUT2D eigenvalue weighted by Crippen LogP contribution is -2.34. The highest BCUT2D eigenvalue weighted by molar-refractivity contribution is 5.89. The number of hydrogen-bond acceptors (Lipinski definition) is 3. The highest BCUT2D eigenvalue weighted by Crippen LogP contribution is 2.37. The molecule has 1 heterocycles. The van der Waals surface area contributed by atoms with E-state index in [0.717, 1.165) is 17.7 Å². The monoisotopic (exact) mass is 474 g/mol. The average Bonchev–Trinajstić information content (AvgIpc) is 2.90. The Kier molecular flexibility index (Phi) is 7.26. The molecule has 0 aromatic heterocycles. The molecule has 180 valence electrons. The SMILES string of the molecule is CC(C)OC(=O)N1CCCC(NCc2cc(C(F)(F)F)cc(C(F)(F)F)c2)c2ccccc21. The Bertz CT molecular complexity index is 955. The Morgan fingerprint density at radius 2 is 1.67 bits per heavy atom. The van der Waals surface area contributed by atoms with Crippen molar-refractivity contribution in [3.63, 3.8) is 0 Å². The Hall–Kier alpha value is -2.75. The fraction of sp³-hybridized carbons (Fsp3) is 0.435. The van der Waals surface area contributed by atoms with Crippen molar-refractivity contribution in [2.24, 2.45) is 0 Å². The molecule has 0 aliphatic carbocycles. The molecule has 4 nitrogen and oxygen atoms in total. The van der Waals surface area contributed by atoms with Crippen molar-refractivity contribution in [3.8, 4) is 0 Å². The number of hydrogen-bond donors (Lipinski definition) is 1. The van der Waals surface area contributed by atoms with Gasteiger partial charge in [0.1, 0.15) is 0 Å². The summed E-state index contributed by atoms with van der Waals surface area (Å²) in [7, 11) is 0. The van der Waals surface area contributed by atoms with E-state index in [4.69, 9.17) is 4.74 Å². The van der Waals surface area contributed by atoms with Gasteiger partial charge in [-0.1, -0.05) is 18.2 Å². The molecule has 0 bridgehead atoms.